The van der Waals surface area contributed by atoms with Crippen molar-refractivity contribution >= 4 is 44.3 Å². The van der Waals surface area contributed by atoms with Crippen LogP contribution >= 0.6 is 38.5 Å². The van der Waals surface area contributed by atoms with E-state index in [0.29, 0.717) is 11.1 Å². The highest BCUT2D eigenvalue weighted by Crippen LogP contribution is 2.21. The number of ketones is 1. The van der Waals surface area contributed by atoms with E-state index in [1.165, 1.54) is 0 Å². The lowest BCUT2D eigenvalue weighted by atomic mass is 10.1. The fourth-order valence-corrected chi connectivity index (χ4v) is 2.02. The summed E-state index contributed by atoms with van der Waals surface area (Å²) in [5.41, 5.74) is 1.27. The van der Waals surface area contributed by atoms with E-state index in [-0.39, 0.29) is 5.78 Å². The number of benzene rings is 1. The molecule has 1 aromatic carbocycles. The third kappa shape index (κ3) is 2.49. The van der Waals surface area contributed by atoms with Gasteiger partial charge in [0.2, 0.25) is 0 Å². The van der Waals surface area contributed by atoms with Crippen molar-refractivity contribution in [2.45, 2.75) is 0 Å². The van der Waals surface area contributed by atoms with Gasteiger partial charge in [0, 0.05) is 31.6 Å². The number of hydrogen-bond donors (Lipinski definition) is 0. The maximum Gasteiger partial charge on any atom is 0.194 e. The van der Waals surface area contributed by atoms with Crippen LogP contribution in [0.2, 0.25) is 0 Å². The monoisotopic (exact) mass is 387 g/mol. The molecule has 4 heteroatoms. The van der Waals surface area contributed by atoms with Gasteiger partial charge in [-0.15, -0.1) is 0 Å². The number of aromatic nitrogens is 1. The number of halogens is 2. The summed E-state index contributed by atoms with van der Waals surface area (Å²) in [5.74, 6) is -0.00907. The first-order chi connectivity index (χ1) is 7.68. The van der Waals surface area contributed by atoms with Crippen LogP contribution < -0.4 is 0 Å². The van der Waals surface area contributed by atoms with E-state index in [0.717, 1.165) is 8.04 Å². The zero-order valence-corrected chi connectivity index (χ0v) is 11.9. The number of rotatable bonds is 2. The van der Waals surface area contributed by atoms with Gasteiger partial charge in [-0.1, -0.05) is 0 Å². The van der Waals surface area contributed by atoms with Crippen molar-refractivity contribution < 1.29 is 4.79 Å². The van der Waals surface area contributed by atoms with E-state index in [4.69, 9.17) is 0 Å². The Morgan fingerprint density at radius 2 is 2.06 bits per heavy atom. The smallest absolute Gasteiger partial charge is 0.194 e. The van der Waals surface area contributed by atoms with Crippen LogP contribution in [0, 0.1) is 3.57 Å². The first-order valence-corrected chi connectivity index (χ1v) is 6.45. The van der Waals surface area contributed by atoms with Gasteiger partial charge >= 0.3 is 0 Å². The molecule has 0 aliphatic heterocycles. The van der Waals surface area contributed by atoms with E-state index in [1.54, 1.807) is 24.5 Å². The second-order valence-electron chi connectivity index (χ2n) is 3.20. The largest absolute Gasteiger partial charge is 0.289 e. The summed E-state index contributed by atoms with van der Waals surface area (Å²) < 4.78 is 2.02. The van der Waals surface area contributed by atoms with Crippen molar-refractivity contribution in [1.29, 1.82) is 0 Å². The predicted octanol–water partition coefficient (Wildman–Crippen LogP) is 3.68. The van der Waals surface area contributed by atoms with Gasteiger partial charge in [-0.25, -0.2) is 0 Å². The van der Waals surface area contributed by atoms with Gasteiger partial charge < -0.3 is 0 Å². The van der Waals surface area contributed by atoms with Gasteiger partial charge in [-0.3, -0.25) is 9.78 Å². The Morgan fingerprint density at radius 3 is 2.69 bits per heavy atom. The summed E-state index contributed by atoms with van der Waals surface area (Å²) in [5, 5.41) is 0. The maximum atomic E-state index is 12.0. The average molecular weight is 388 g/mol. The lowest BCUT2D eigenvalue weighted by molar-refractivity contribution is 0.103. The van der Waals surface area contributed by atoms with E-state index in [2.05, 4.69) is 43.5 Å². The van der Waals surface area contributed by atoms with E-state index in [1.807, 2.05) is 18.2 Å². The van der Waals surface area contributed by atoms with Crippen LogP contribution in [0.1, 0.15) is 15.9 Å². The standard InChI is InChI=1S/C12H7BrINO/c13-10-6-8(3-4-11(10)14)12(16)9-2-1-5-15-7-9/h1-7H. The fourth-order valence-electron chi connectivity index (χ4n) is 1.30. The SMILES string of the molecule is O=C(c1cccnc1)c1ccc(I)c(Br)c1. The Bertz CT molecular complexity index is 528. The molecule has 0 radical (unpaired) electrons. The van der Waals surface area contributed by atoms with Gasteiger partial charge in [-0.2, -0.15) is 0 Å². The van der Waals surface area contributed by atoms with Crippen LogP contribution in [0.3, 0.4) is 0 Å². The first kappa shape index (κ1) is 11.7. The van der Waals surface area contributed by atoms with Gasteiger partial charge in [0.15, 0.2) is 5.78 Å². The molecule has 0 spiro atoms. The first-order valence-electron chi connectivity index (χ1n) is 4.58. The fraction of sp³-hybridized carbons (Fsp3) is 0. The molecule has 0 bridgehead atoms. The van der Waals surface area contributed by atoms with Crippen LogP contribution in [-0.4, -0.2) is 10.8 Å². The number of pyridine rings is 1. The second-order valence-corrected chi connectivity index (χ2v) is 5.22. The molecule has 80 valence electrons. The lowest BCUT2D eigenvalue weighted by Crippen LogP contribution is -2.01. The number of carbonyl (C=O) groups is 1. The Labute approximate surface area is 115 Å². The Balaban J connectivity index is 2.39. The quantitative estimate of drug-likeness (QED) is 0.581. The Morgan fingerprint density at radius 1 is 1.25 bits per heavy atom. The molecule has 2 aromatic rings. The molecule has 16 heavy (non-hydrogen) atoms. The van der Waals surface area contributed by atoms with Gasteiger partial charge in [0.25, 0.3) is 0 Å². The Kier molecular flexibility index (Phi) is 3.70. The summed E-state index contributed by atoms with van der Waals surface area (Å²) in [4.78, 5) is 16.0. The molecule has 0 unspecified atom stereocenters. The molecular formula is C12H7BrINO. The highest BCUT2D eigenvalue weighted by molar-refractivity contribution is 14.1. The average Bonchev–Trinajstić information content (AvgIpc) is 2.33. The molecule has 0 aliphatic carbocycles. The lowest BCUT2D eigenvalue weighted by Gasteiger charge is -2.02. The van der Waals surface area contributed by atoms with Gasteiger partial charge in [-0.05, 0) is 68.9 Å². The molecule has 0 amide bonds. The maximum absolute atomic E-state index is 12.0. The summed E-state index contributed by atoms with van der Waals surface area (Å²) in [6.45, 7) is 0. The van der Waals surface area contributed by atoms with Crippen molar-refractivity contribution in [3.8, 4) is 0 Å². The van der Waals surface area contributed by atoms with Crippen LogP contribution in [0.4, 0.5) is 0 Å². The van der Waals surface area contributed by atoms with Crippen LogP contribution in [-0.2, 0) is 0 Å². The third-order valence-electron chi connectivity index (χ3n) is 2.11. The van der Waals surface area contributed by atoms with Gasteiger partial charge in [0.05, 0.1) is 0 Å². The molecule has 0 aliphatic rings. The van der Waals surface area contributed by atoms with Crippen LogP contribution in [0.5, 0.6) is 0 Å². The van der Waals surface area contributed by atoms with Crippen LogP contribution in [0.25, 0.3) is 0 Å². The summed E-state index contributed by atoms with van der Waals surface area (Å²) in [7, 11) is 0. The van der Waals surface area contributed by atoms with Gasteiger partial charge in [0.1, 0.15) is 0 Å². The molecule has 0 N–H and O–H groups in total. The molecule has 2 nitrogen and oxygen atoms in total. The molecule has 0 saturated carbocycles. The van der Waals surface area contributed by atoms with E-state index >= 15 is 0 Å². The zero-order chi connectivity index (χ0) is 11.5. The van der Waals surface area contributed by atoms with Crippen LogP contribution in [0.15, 0.2) is 47.2 Å². The number of carbonyl (C=O) groups excluding carboxylic acids is 1. The third-order valence-corrected chi connectivity index (χ3v) is 4.44. The second kappa shape index (κ2) is 5.05. The Hall–Kier alpha value is -0.750. The molecule has 0 atom stereocenters. The number of hydrogen-bond acceptors (Lipinski definition) is 2. The summed E-state index contributed by atoms with van der Waals surface area (Å²) in [6.07, 6.45) is 3.23. The van der Waals surface area contributed by atoms with Crippen molar-refractivity contribution in [2.24, 2.45) is 0 Å². The minimum absolute atomic E-state index is 0.00907. The normalized spacial score (nSPS) is 10.1. The minimum atomic E-state index is -0.00907. The van der Waals surface area contributed by atoms with Crippen molar-refractivity contribution in [2.75, 3.05) is 0 Å². The van der Waals surface area contributed by atoms with Crippen molar-refractivity contribution in [3.63, 3.8) is 0 Å². The summed E-state index contributed by atoms with van der Waals surface area (Å²) >= 11 is 5.62. The minimum Gasteiger partial charge on any atom is -0.289 e. The predicted molar refractivity (Wildman–Crippen MR) is 74.5 cm³/mol. The molecule has 0 saturated heterocycles. The molecule has 2 rings (SSSR count). The topological polar surface area (TPSA) is 30.0 Å². The highest BCUT2D eigenvalue weighted by atomic mass is 127. The molecular weight excluding hydrogens is 381 g/mol. The van der Waals surface area contributed by atoms with E-state index in [9.17, 15) is 4.79 Å². The molecule has 1 aromatic heterocycles. The van der Waals surface area contributed by atoms with Crippen molar-refractivity contribution in [3.05, 3.63) is 61.9 Å². The van der Waals surface area contributed by atoms with Crippen molar-refractivity contribution in [1.82, 2.24) is 4.98 Å². The number of nitrogens with zero attached hydrogens (tertiary/aromatic N) is 1. The summed E-state index contributed by atoms with van der Waals surface area (Å²) in [6, 6.07) is 9.09. The highest BCUT2D eigenvalue weighted by Gasteiger charge is 2.09. The van der Waals surface area contributed by atoms with E-state index < -0.39 is 0 Å². The molecule has 0 fully saturated rings. The molecule has 1 heterocycles. The zero-order valence-electron chi connectivity index (χ0n) is 8.15.